The molecule has 5 nitrogen and oxygen atoms in total. The van der Waals surface area contributed by atoms with Crippen LogP contribution in [0.15, 0.2) is 47.5 Å². The number of fused-ring (bicyclic) bond motifs is 1. The van der Waals surface area contributed by atoms with E-state index in [2.05, 4.69) is 10.3 Å². The highest BCUT2D eigenvalue weighted by atomic mass is 127. The molecule has 1 heterocycles. The van der Waals surface area contributed by atoms with Crippen molar-refractivity contribution in [2.45, 2.75) is 18.9 Å². The molecule has 1 unspecified atom stereocenters. The molecule has 0 aliphatic carbocycles. The van der Waals surface area contributed by atoms with E-state index in [-0.39, 0.29) is 41.6 Å². The van der Waals surface area contributed by atoms with Gasteiger partial charge in [0.15, 0.2) is 17.5 Å². The van der Waals surface area contributed by atoms with Crippen molar-refractivity contribution >= 4 is 29.9 Å². The third-order valence-corrected chi connectivity index (χ3v) is 4.18. The zero-order valence-corrected chi connectivity index (χ0v) is 16.9. The Kier molecular flexibility index (Phi) is 7.50. The summed E-state index contributed by atoms with van der Waals surface area (Å²) >= 11 is 0. The van der Waals surface area contributed by atoms with E-state index in [4.69, 9.17) is 15.2 Å². The molecule has 140 valence electrons. The minimum atomic E-state index is -0.367. The first-order valence-electron chi connectivity index (χ1n) is 8.28. The maximum absolute atomic E-state index is 13.7. The quantitative estimate of drug-likeness (QED) is 0.399. The van der Waals surface area contributed by atoms with Crippen molar-refractivity contribution in [1.82, 2.24) is 5.32 Å². The Morgan fingerprint density at radius 2 is 2.15 bits per heavy atom. The van der Waals surface area contributed by atoms with E-state index in [0.717, 1.165) is 23.3 Å². The van der Waals surface area contributed by atoms with Crippen LogP contribution in [0.2, 0.25) is 0 Å². The largest absolute Gasteiger partial charge is 0.494 e. The van der Waals surface area contributed by atoms with E-state index in [9.17, 15) is 4.39 Å². The minimum Gasteiger partial charge on any atom is -0.494 e. The highest BCUT2D eigenvalue weighted by Gasteiger charge is 2.21. The third kappa shape index (κ3) is 5.00. The Morgan fingerprint density at radius 1 is 1.35 bits per heavy atom. The maximum atomic E-state index is 13.7. The van der Waals surface area contributed by atoms with Gasteiger partial charge in [-0.15, -0.1) is 24.0 Å². The Bertz CT molecular complexity index is 770. The molecule has 1 aliphatic rings. The van der Waals surface area contributed by atoms with Crippen molar-refractivity contribution in [2.24, 2.45) is 10.7 Å². The van der Waals surface area contributed by atoms with Crippen molar-refractivity contribution in [3.05, 3.63) is 59.4 Å². The van der Waals surface area contributed by atoms with Gasteiger partial charge in [-0.25, -0.2) is 4.39 Å². The average molecular weight is 471 g/mol. The molecule has 0 bridgehead atoms. The first kappa shape index (κ1) is 20.3. The van der Waals surface area contributed by atoms with Crippen LogP contribution in [-0.4, -0.2) is 26.2 Å². The van der Waals surface area contributed by atoms with Crippen LogP contribution in [0.4, 0.5) is 4.39 Å². The number of nitrogens with one attached hydrogen (secondary N) is 1. The number of benzene rings is 2. The lowest BCUT2D eigenvalue weighted by atomic mass is 10.0. The van der Waals surface area contributed by atoms with E-state index in [0.29, 0.717) is 25.5 Å². The molecule has 1 aliphatic heterocycles. The predicted molar refractivity (Wildman–Crippen MR) is 111 cm³/mol. The average Bonchev–Trinajstić information content (AvgIpc) is 2.62. The van der Waals surface area contributed by atoms with Gasteiger partial charge in [-0.05, 0) is 30.2 Å². The molecule has 7 heteroatoms. The lowest BCUT2D eigenvalue weighted by Crippen LogP contribution is -2.37. The fourth-order valence-electron chi connectivity index (χ4n) is 2.89. The van der Waals surface area contributed by atoms with Crippen molar-refractivity contribution in [2.75, 3.05) is 20.3 Å². The number of nitrogens with zero attached hydrogens (tertiary/aromatic N) is 1. The summed E-state index contributed by atoms with van der Waals surface area (Å²) in [6, 6.07) is 12.9. The van der Waals surface area contributed by atoms with E-state index in [1.165, 1.54) is 13.2 Å². The van der Waals surface area contributed by atoms with Gasteiger partial charge in [-0.1, -0.05) is 24.3 Å². The molecule has 3 rings (SSSR count). The first-order valence-corrected chi connectivity index (χ1v) is 8.28. The normalized spacial score (nSPS) is 16.1. The smallest absolute Gasteiger partial charge is 0.189 e. The molecule has 26 heavy (non-hydrogen) atoms. The predicted octanol–water partition coefficient (Wildman–Crippen LogP) is 3.42. The molecule has 0 spiro atoms. The van der Waals surface area contributed by atoms with Crippen LogP contribution in [0, 0.1) is 5.82 Å². The van der Waals surface area contributed by atoms with E-state index < -0.39 is 0 Å². The Hall–Kier alpha value is -2.03. The first-order chi connectivity index (χ1) is 12.2. The summed E-state index contributed by atoms with van der Waals surface area (Å²) in [5.74, 6) is 1.14. The number of aliphatic imine (C=N–C) groups is 1. The third-order valence-electron chi connectivity index (χ3n) is 4.18. The molecule has 3 N–H and O–H groups in total. The van der Waals surface area contributed by atoms with Crippen LogP contribution >= 0.6 is 24.0 Å². The second kappa shape index (κ2) is 9.61. The Labute approximate surface area is 169 Å². The van der Waals surface area contributed by atoms with Crippen LogP contribution in [-0.2, 0) is 6.42 Å². The van der Waals surface area contributed by atoms with Crippen molar-refractivity contribution in [3.8, 4) is 11.5 Å². The van der Waals surface area contributed by atoms with Crippen LogP contribution in [0.3, 0.4) is 0 Å². The van der Waals surface area contributed by atoms with Gasteiger partial charge in [0.1, 0.15) is 5.75 Å². The van der Waals surface area contributed by atoms with Gasteiger partial charge in [0.05, 0.1) is 19.8 Å². The summed E-state index contributed by atoms with van der Waals surface area (Å²) in [6.45, 7) is 1.13. The number of guanidine groups is 1. The number of hydrogen-bond acceptors (Lipinski definition) is 3. The van der Waals surface area contributed by atoms with Gasteiger partial charge in [0, 0.05) is 18.5 Å². The van der Waals surface area contributed by atoms with Crippen LogP contribution < -0.4 is 20.5 Å². The van der Waals surface area contributed by atoms with Crippen molar-refractivity contribution in [3.63, 3.8) is 0 Å². The van der Waals surface area contributed by atoms with E-state index >= 15 is 0 Å². The van der Waals surface area contributed by atoms with Gasteiger partial charge in [-0.3, -0.25) is 4.99 Å². The van der Waals surface area contributed by atoms with Crippen LogP contribution in [0.1, 0.15) is 23.6 Å². The monoisotopic (exact) mass is 471 g/mol. The Morgan fingerprint density at radius 3 is 2.92 bits per heavy atom. The fraction of sp³-hybridized carbons (Fsp3) is 0.316. The molecule has 0 radical (unpaired) electrons. The highest BCUT2D eigenvalue weighted by Crippen LogP contribution is 2.31. The zero-order chi connectivity index (χ0) is 17.6. The summed E-state index contributed by atoms with van der Waals surface area (Å²) in [6.07, 6.45) is 1.44. The summed E-state index contributed by atoms with van der Waals surface area (Å²) in [7, 11) is 1.45. The summed E-state index contributed by atoms with van der Waals surface area (Å²) < 4.78 is 24.2. The lowest BCUT2D eigenvalue weighted by molar-refractivity contribution is 0.262. The molecule has 1 atom stereocenters. The minimum absolute atomic E-state index is 0. The number of hydrogen-bond donors (Lipinski definition) is 2. The molecule has 0 fully saturated rings. The molecule has 2 aromatic carbocycles. The van der Waals surface area contributed by atoms with E-state index in [1.54, 1.807) is 6.07 Å². The number of nitrogens with two attached hydrogens (primary N) is 1. The second-order valence-electron chi connectivity index (χ2n) is 5.86. The summed E-state index contributed by atoms with van der Waals surface area (Å²) in [5.41, 5.74) is 7.95. The molecular weight excluding hydrogens is 448 g/mol. The summed E-state index contributed by atoms with van der Waals surface area (Å²) in [4.78, 5) is 4.35. The van der Waals surface area contributed by atoms with Gasteiger partial charge < -0.3 is 20.5 Å². The van der Waals surface area contributed by atoms with Crippen LogP contribution in [0.5, 0.6) is 11.5 Å². The molecule has 0 saturated carbocycles. The molecule has 0 aromatic heterocycles. The number of rotatable bonds is 5. The van der Waals surface area contributed by atoms with Gasteiger partial charge >= 0.3 is 0 Å². The fourth-order valence-corrected chi connectivity index (χ4v) is 2.89. The molecular formula is C19H23FIN3O2. The zero-order valence-electron chi connectivity index (χ0n) is 14.6. The number of ether oxygens (including phenoxy) is 2. The standard InChI is InChI=1S/C19H22FN3O2.HI/c1-24-18-7-6-13(12-15(18)20)8-10-22-19(21)23-16-9-11-25-17-5-3-2-4-14(16)17;/h2-7,12,16H,8-11H2,1H3,(H3,21,22,23);1H. The summed E-state index contributed by atoms with van der Waals surface area (Å²) in [5, 5.41) is 3.24. The molecule has 2 aromatic rings. The van der Waals surface area contributed by atoms with Crippen LogP contribution in [0.25, 0.3) is 0 Å². The molecule has 0 saturated heterocycles. The second-order valence-corrected chi connectivity index (χ2v) is 5.86. The van der Waals surface area contributed by atoms with E-state index in [1.807, 2.05) is 30.3 Å². The SMILES string of the molecule is COc1ccc(CCN=C(N)NC2CCOc3ccccc32)cc1F.I. The van der Waals surface area contributed by atoms with Gasteiger partial charge in [-0.2, -0.15) is 0 Å². The van der Waals surface area contributed by atoms with Gasteiger partial charge in [0.2, 0.25) is 0 Å². The topological polar surface area (TPSA) is 68.9 Å². The maximum Gasteiger partial charge on any atom is 0.189 e. The number of methoxy groups -OCH3 is 1. The highest BCUT2D eigenvalue weighted by molar-refractivity contribution is 14.0. The lowest BCUT2D eigenvalue weighted by Gasteiger charge is -2.26. The van der Waals surface area contributed by atoms with Crippen molar-refractivity contribution in [1.29, 1.82) is 0 Å². The van der Waals surface area contributed by atoms with Crippen molar-refractivity contribution < 1.29 is 13.9 Å². The number of para-hydroxylation sites is 1. The number of halogens is 2. The molecule has 0 amide bonds. The Balaban J connectivity index is 0.00000243. The van der Waals surface area contributed by atoms with Gasteiger partial charge in [0.25, 0.3) is 0 Å².